The maximum atomic E-state index is 14.7. The fraction of sp³-hybridized carbons (Fsp3) is 0.297. The Morgan fingerprint density at radius 2 is 1.51 bits per heavy atom. The molecule has 0 bridgehead atoms. The highest BCUT2D eigenvalue weighted by Gasteiger charge is 2.35. The maximum Gasteiger partial charge on any atom is 0.264 e. The van der Waals surface area contributed by atoms with E-state index < -0.39 is 28.5 Å². The molecule has 1 N–H and O–H groups in total. The van der Waals surface area contributed by atoms with Gasteiger partial charge in [0.1, 0.15) is 18.3 Å². The normalized spacial score (nSPS) is 14.1. The molecule has 4 aromatic rings. The third-order valence-electron chi connectivity index (χ3n) is 8.62. The van der Waals surface area contributed by atoms with Crippen LogP contribution in [0.15, 0.2) is 102 Å². The number of benzene rings is 4. The molecule has 1 aliphatic carbocycles. The number of halogens is 3. The maximum absolute atomic E-state index is 14.7. The van der Waals surface area contributed by atoms with E-state index in [1.807, 2.05) is 30.3 Å². The minimum Gasteiger partial charge on any atom is -0.497 e. The van der Waals surface area contributed by atoms with E-state index in [2.05, 4.69) is 5.32 Å². The fourth-order valence-corrected chi connectivity index (χ4v) is 7.95. The zero-order valence-corrected chi connectivity index (χ0v) is 30.1. The lowest BCUT2D eigenvalue weighted by Gasteiger charge is -2.35. The van der Waals surface area contributed by atoms with Gasteiger partial charge in [-0.15, -0.1) is 0 Å². The highest BCUT2D eigenvalue weighted by molar-refractivity contribution is 7.92. The minimum absolute atomic E-state index is 0.0170. The van der Waals surface area contributed by atoms with Gasteiger partial charge in [0.05, 0.1) is 17.7 Å². The van der Waals surface area contributed by atoms with E-state index in [0.29, 0.717) is 26.4 Å². The van der Waals surface area contributed by atoms with Gasteiger partial charge >= 0.3 is 0 Å². The summed E-state index contributed by atoms with van der Waals surface area (Å²) in [6, 6.07) is 25.4. The molecule has 5 rings (SSSR count). The van der Waals surface area contributed by atoms with Crippen LogP contribution in [0, 0.1) is 0 Å². The third kappa shape index (κ3) is 9.48. The lowest BCUT2D eigenvalue weighted by atomic mass is 9.94. The molecular formula is C37H38Cl3N3O5S. The molecule has 0 saturated heterocycles. The second kappa shape index (κ2) is 16.8. The van der Waals surface area contributed by atoms with Gasteiger partial charge in [0, 0.05) is 34.1 Å². The number of nitrogens with one attached hydrogen (secondary N) is 1. The Morgan fingerprint density at radius 3 is 2.14 bits per heavy atom. The molecule has 12 heteroatoms. The number of carbonyl (C=O) groups excluding carboxylic acids is 2. The van der Waals surface area contributed by atoms with Crippen LogP contribution in [0.2, 0.25) is 15.1 Å². The number of sulfonamides is 1. The summed E-state index contributed by atoms with van der Waals surface area (Å²) >= 11 is 19.0. The molecule has 0 heterocycles. The van der Waals surface area contributed by atoms with Crippen LogP contribution in [0.3, 0.4) is 0 Å². The molecule has 1 fully saturated rings. The van der Waals surface area contributed by atoms with E-state index in [-0.39, 0.29) is 35.5 Å². The molecule has 0 aromatic heterocycles. The van der Waals surface area contributed by atoms with Crippen molar-refractivity contribution in [3.05, 3.63) is 123 Å². The van der Waals surface area contributed by atoms with Gasteiger partial charge in [0.15, 0.2) is 0 Å². The molecule has 4 aromatic carbocycles. The van der Waals surface area contributed by atoms with Gasteiger partial charge < -0.3 is 15.0 Å². The van der Waals surface area contributed by atoms with Crippen LogP contribution in [-0.2, 0) is 32.6 Å². The van der Waals surface area contributed by atoms with Crippen molar-refractivity contribution < 1.29 is 22.7 Å². The molecule has 8 nitrogen and oxygen atoms in total. The van der Waals surface area contributed by atoms with E-state index >= 15 is 0 Å². The highest BCUT2D eigenvalue weighted by Crippen LogP contribution is 2.29. The SMILES string of the molecule is COc1ccc(S(=O)(=O)N(CC(=O)N(Cc2ccc(Cl)cc2Cl)[C@@H](Cc2ccccc2)C(=O)NC2CCCCC2)c2ccc(Cl)cc2)cc1. The Kier molecular flexibility index (Phi) is 12.5. The summed E-state index contributed by atoms with van der Waals surface area (Å²) in [5, 5.41) is 4.33. The Morgan fingerprint density at radius 1 is 0.857 bits per heavy atom. The van der Waals surface area contributed by atoms with Crippen LogP contribution in [-0.4, -0.2) is 50.9 Å². The van der Waals surface area contributed by atoms with E-state index in [9.17, 15) is 18.0 Å². The van der Waals surface area contributed by atoms with Crippen molar-refractivity contribution in [2.45, 2.75) is 62.0 Å². The van der Waals surface area contributed by atoms with E-state index in [4.69, 9.17) is 39.5 Å². The monoisotopic (exact) mass is 741 g/mol. The van der Waals surface area contributed by atoms with Crippen molar-refractivity contribution in [2.24, 2.45) is 0 Å². The van der Waals surface area contributed by atoms with Crippen molar-refractivity contribution in [1.29, 1.82) is 0 Å². The molecule has 1 atom stereocenters. The van der Waals surface area contributed by atoms with Gasteiger partial charge in [0.2, 0.25) is 11.8 Å². The molecule has 0 radical (unpaired) electrons. The van der Waals surface area contributed by atoms with Gasteiger partial charge in [-0.1, -0.05) is 90.5 Å². The summed E-state index contributed by atoms with van der Waals surface area (Å²) < 4.78 is 34.7. The zero-order valence-electron chi connectivity index (χ0n) is 27.0. The molecule has 1 aliphatic rings. The van der Waals surface area contributed by atoms with Crippen LogP contribution in [0.5, 0.6) is 5.75 Å². The number of hydrogen-bond acceptors (Lipinski definition) is 5. The lowest BCUT2D eigenvalue weighted by Crippen LogP contribution is -2.55. The Bertz CT molecular complexity index is 1840. The van der Waals surface area contributed by atoms with E-state index in [0.717, 1.165) is 42.0 Å². The number of rotatable bonds is 13. The first-order valence-corrected chi connectivity index (χ1v) is 18.6. The zero-order chi connectivity index (χ0) is 35.0. The predicted molar refractivity (Wildman–Crippen MR) is 195 cm³/mol. The number of hydrogen-bond donors (Lipinski definition) is 1. The van der Waals surface area contributed by atoms with Crippen molar-refractivity contribution in [3.63, 3.8) is 0 Å². The van der Waals surface area contributed by atoms with Gasteiger partial charge in [0.25, 0.3) is 10.0 Å². The summed E-state index contributed by atoms with van der Waals surface area (Å²) in [5.41, 5.74) is 1.62. The second-order valence-corrected chi connectivity index (χ2v) is 15.1. The van der Waals surface area contributed by atoms with Crippen LogP contribution < -0.4 is 14.4 Å². The first-order valence-electron chi connectivity index (χ1n) is 16.0. The van der Waals surface area contributed by atoms with Crippen LogP contribution >= 0.6 is 34.8 Å². The van der Waals surface area contributed by atoms with Crippen molar-refractivity contribution >= 4 is 62.3 Å². The minimum atomic E-state index is -4.29. The average molecular weight is 743 g/mol. The van der Waals surface area contributed by atoms with Crippen LogP contribution in [0.1, 0.15) is 43.2 Å². The number of amides is 2. The number of nitrogens with zero attached hydrogens (tertiary/aromatic N) is 2. The molecular weight excluding hydrogens is 705 g/mol. The molecule has 49 heavy (non-hydrogen) atoms. The van der Waals surface area contributed by atoms with Crippen molar-refractivity contribution in [2.75, 3.05) is 18.0 Å². The topological polar surface area (TPSA) is 96.0 Å². The summed E-state index contributed by atoms with van der Waals surface area (Å²) in [5.74, 6) is -0.435. The molecule has 1 saturated carbocycles. The number of ether oxygens (including phenoxy) is 1. The van der Waals surface area contributed by atoms with Gasteiger partial charge in [-0.05, 0) is 84.6 Å². The van der Waals surface area contributed by atoms with E-state index in [1.165, 1.54) is 48.4 Å². The largest absolute Gasteiger partial charge is 0.497 e. The standard InChI is InChI=1S/C37H38Cl3N3O5S/c1-48-32-18-20-33(21-19-32)49(46,47)43(31-16-14-28(38)15-17-31)25-36(44)42(24-27-12-13-29(39)23-34(27)40)35(22-26-8-4-2-5-9-26)37(45)41-30-10-6-3-7-11-30/h2,4-5,8-9,12-21,23,30,35H,3,6-7,10-11,22,24-25H2,1H3,(H,41,45)/t35-/m0/s1. The van der Waals surface area contributed by atoms with Crippen LogP contribution in [0.4, 0.5) is 5.69 Å². The van der Waals surface area contributed by atoms with Gasteiger partial charge in [-0.3, -0.25) is 13.9 Å². The quantitative estimate of drug-likeness (QED) is 0.150. The predicted octanol–water partition coefficient (Wildman–Crippen LogP) is 7.94. The Hall–Kier alpha value is -3.76. The molecule has 0 unspecified atom stereocenters. The highest BCUT2D eigenvalue weighted by atomic mass is 35.5. The molecule has 0 spiro atoms. The Balaban J connectivity index is 1.57. The lowest BCUT2D eigenvalue weighted by molar-refractivity contribution is -0.140. The number of methoxy groups -OCH3 is 1. The summed E-state index contributed by atoms with van der Waals surface area (Å²) in [6.07, 6.45) is 5.04. The molecule has 258 valence electrons. The first kappa shape index (κ1) is 36.5. The second-order valence-electron chi connectivity index (χ2n) is 12.0. The smallest absolute Gasteiger partial charge is 0.264 e. The summed E-state index contributed by atoms with van der Waals surface area (Å²) in [4.78, 5) is 30.3. The molecule has 0 aliphatic heterocycles. The van der Waals surface area contributed by atoms with Gasteiger partial charge in [-0.25, -0.2) is 8.42 Å². The summed E-state index contributed by atoms with van der Waals surface area (Å²) in [6.45, 7) is -0.676. The third-order valence-corrected chi connectivity index (χ3v) is 11.2. The molecule has 2 amide bonds. The van der Waals surface area contributed by atoms with Gasteiger partial charge in [-0.2, -0.15) is 0 Å². The summed E-state index contributed by atoms with van der Waals surface area (Å²) in [7, 11) is -2.81. The Labute approximate surface area is 303 Å². The van der Waals surface area contributed by atoms with E-state index in [1.54, 1.807) is 30.3 Å². The van der Waals surface area contributed by atoms with Crippen LogP contribution in [0.25, 0.3) is 0 Å². The van der Waals surface area contributed by atoms with Crippen molar-refractivity contribution in [1.82, 2.24) is 10.2 Å². The average Bonchev–Trinajstić information content (AvgIpc) is 3.10. The number of carbonyl (C=O) groups is 2. The number of anilines is 1. The first-order chi connectivity index (χ1) is 23.5. The fourth-order valence-electron chi connectivity index (χ4n) is 5.94. The van der Waals surface area contributed by atoms with Crippen molar-refractivity contribution in [3.8, 4) is 5.75 Å².